The molecule has 3 aromatic rings. The molecule has 0 N–H and O–H groups in total. The van der Waals surface area contributed by atoms with Crippen molar-refractivity contribution in [1.29, 1.82) is 0 Å². The highest BCUT2D eigenvalue weighted by Gasteiger charge is 2.27. The number of benzene rings is 1. The molecule has 0 atom stereocenters. The molecule has 1 aromatic carbocycles. The summed E-state index contributed by atoms with van der Waals surface area (Å²) in [5.41, 5.74) is 7.32. The van der Waals surface area contributed by atoms with Gasteiger partial charge in [-0.3, -0.25) is 0 Å². The van der Waals surface area contributed by atoms with Gasteiger partial charge in [0.25, 0.3) is 0 Å². The van der Waals surface area contributed by atoms with Crippen molar-refractivity contribution in [1.82, 2.24) is 9.55 Å². The number of aromatic nitrogens is 2. The van der Waals surface area contributed by atoms with E-state index in [1.807, 2.05) is 16.8 Å². The Bertz CT molecular complexity index is 1000. The number of carbonyl (C=O) groups excluding carboxylic acids is 1. The van der Waals surface area contributed by atoms with E-state index in [1.54, 1.807) is 7.11 Å². The predicted octanol–water partition coefficient (Wildman–Crippen LogP) is 3.48. The third kappa shape index (κ3) is 1.87. The third-order valence-corrected chi connectivity index (χ3v) is 4.70. The first-order valence-corrected chi connectivity index (χ1v) is 7.80. The summed E-state index contributed by atoms with van der Waals surface area (Å²) in [5, 5.41) is 0.834. The molecule has 0 saturated heterocycles. The minimum atomic E-state index is -0.354. The minimum Gasteiger partial charge on any atom is -0.481 e. The number of hydrogen-bond acceptors (Lipinski definition) is 4. The highest BCUT2D eigenvalue weighted by molar-refractivity contribution is 6.04. The number of ether oxygens (including phenoxy) is 2. The molecule has 0 spiro atoms. The van der Waals surface area contributed by atoms with Crippen molar-refractivity contribution < 1.29 is 14.3 Å². The van der Waals surface area contributed by atoms with Crippen molar-refractivity contribution in [2.24, 2.45) is 0 Å². The molecule has 1 aliphatic heterocycles. The number of rotatable bonds is 2. The molecule has 4 rings (SSSR count). The molecule has 5 nitrogen and oxygen atoms in total. The lowest BCUT2D eigenvalue weighted by atomic mass is 9.91. The van der Waals surface area contributed by atoms with E-state index >= 15 is 0 Å². The second-order valence-corrected chi connectivity index (χ2v) is 6.16. The first-order chi connectivity index (χ1) is 11.5. The van der Waals surface area contributed by atoms with E-state index in [9.17, 15) is 4.79 Å². The van der Waals surface area contributed by atoms with Crippen molar-refractivity contribution in [3.8, 4) is 17.0 Å². The fourth-order valence-corrected chi connectivity index (χ4v) is 3.66. The lowest BCUT2D eigenvalue weighted by Gasteiger charge is -2.23. The zero-order chi connectivity index (χ0) is 17.0. The van der Waals surface area contributed by atoms with Gasteiger partial charge in [0, 0.05) is 18.3 Å². The number of carbonyl (C=O) groups is 1. The van der Waals surface area contributed by atoms with Gasteiger partial charge in [-0.05, 0) is 36.6 Å². The van der Waals surface area contributed by atoms with Crippen LogP contribution < -0.4 is 4.74 Å². The SMILES string of the molecule is COC(=O)c1cc2c(OC)ncc3c2n1Cc1c(C)cc(C)cc1-3. The average molecular weight is 322 g/mol. The van der Waals surface area contributed by atoms with Crippen LogP contribution >= 0.6 is 0 Å². The zero-order valence-electron chi connectivity index (χ0n) is 14.1. The highest BCUT2D eigenvalue weighted by Crippen LogP contribution is 2.41. The smallest absolute Gasteiger partial charge is 0.354 e. The molecule has 24 heavy (non-hydrogen) atoms. The molecular weight excluding hydrogens is 304 g/mol. The van der Waals surface area contributed by atoms with Gasteiger partial charge in [0.2, 0.25) is 5.88 Å². The van der Waals surface area contributed by atoms with Crippen LogP contribution in [0.3, 0.4) is 0 Å². The average Bonchev–Trinajstić information content (AvgIpc) is 2.96. The fraction of sp³-hybridized carbons (Fsp3) is 0.263. The Morgan fingerprint density at radius 1 is 1.17 bits per heavy atom. The van der Waals surface area contributed by atoms with Crippen LogP contribution in [-0.4, -0.2) is 29.7 Å². The largest absolute Gasteiger partial charge is 0.481 e. The van der Waals surface area contributed by atoms with E-state index in [0.717, 1.165) is 16.5 Å². The molecule has 0 bridgehead atoms. The Hall–Kier alpha value is -2.82. The number of esters is 1. The molecule has 0 aliphatic carbocycles. The van der Waals surface area contributed by atoms with Crippen LogP contribution in [0.1, 0.15) is 27.2 Å². The van der Waals surface area contributed by atoms with Gasteiger partial charge in [0.15, 0.2) is 0 Å². The lowest BCUT2D eigenvalue weighted by molar-refractivity contribution is 0.0589. The van der Waals surface area contributed by atoms with E-state index in [4.69, 9.17) is 9.47 Å². The molecule has 0 saturated carbocycles. The van der Waals surface area contributed by atoms with E-state index in [1.165, 1.54) is 29.4 Å². The molecule has 0 unspecified atom stereocenters. The molecule has 3 heterocycles. The van der Waals surface area contributed by atoms with Crippen molar-refractivity contribution in [3.63, 3.8) is 0 Å². The number of aryl methyl sites for hydroxylation is 2. The Morgan fingerprint density at radius 3 is 2.67 bits per heavy atom. The lowest BCUT2D eigenvalue weighted by Crippen LogP contribution is -2.16. The minimum absolute atomic E-state index is 0.354. The second kappa shape index (κ2) is 5.09. The second-order valence-electron chi connectivity index (χ2n) is 6.16. The van der Waals surface area contributed by atoms with Gasteiger partial charge in [0.05, 0.1) is 25.1 Å². The quantitative estimate of drug-likeness (QED) is 0.530. The number of fused-ring (bicyclic) bond motifs is 2. The standard InChI is InChI=1S/C19H18N2O3/c1-10-5-11(2)15-9-21-16(19(22)24-4)7-13-17(21)14(12(15)6-10)8-20-18(13)23-3/h5-8H,9H2,1-4H3. The molecule has 1 aliphatic rings. The van der Waals surface area contributed by atoms with E-state index in [-0.39, 0.29) is 5.97 Å². The van der Waals surface area contributed by atoms with Crippen LogP contribution in [0, 0.1) is 13.8 Å². The summed E-state index contributed by atoms with van der Waals surface area (Å²) in [4.78, 5) is 16.7. The first-order valence-electron chi connectivity index (χ1n) is 7.80. The van der Waals surface area contributed by atoms with Crippen LogP contribution in [0.4, 0.5) is 0 Å². The maximum Gasteiger partial charge on any atom is 0.354 e. The van der Waals surface area contributed by atoms with Gasteiger partial charge in [-0.15, -0.1) is 0 Å². The Balaban J connectivity index is 2.13. The Kier molecular flexibility index (Phi) is 3.13. The Labute approximate surface area is 139 Å². The highest BCUT2D eigenvalue weighted by atomic mass is 16.5. The van der Waals surface area contributed by atoms with Gasteiger partial charge < -0.3 is 14.0 Å². The van der Waals surface area contributed by atoms with Crippen LogP contribution in [0.15, 0.2) is 24.4 Å². The van der Waals surface area contributed by atoms with Crippen molar-refractivity contribution in [2.45, 2.75) is 20.4 Å². The Morgan fingerprint density at radius 2 is 1.96 bits per heavy atom. The van der Waals surface area contributed by atoms with Crippen molar-refractivity contribution in [2.75, 3.05) is 14.2 Å². The monoisotopic (exact) mass is 322 g/mol. The summed E-state index contributed by atoms with van der Waals surface area (Å²) in [6.45, 7) is 4.83. The van der Waals surface area contributed by atoms with Crippen LogP contribution in [-0.2, 0) is 11.3 Å². The third-order valence-electron chi connectivity index (χ3n) is 4.70. The normalized spacial score (nSPS) is 12.2. The maximum atomic E-state index is 12.2. The zero-order valence-corrected chi connectivity index (χ0v) is 14.1. The summed E-state index contributed by atoms with van der Waals surface area (Å²) >= 11 is 0. The van der Waals surface area contributed by atoms with Gasteiger partial charge in [-0.1, -0.05) is 17.7 Å². The number of hydrogen-bond donors (Lipinski definition) is 0. The first kappa shape index (κ1) is 14.8. The van der Waals surface area contributed by atoms with E-state index in [2.05, 4.69) is 31.0 Å². The van der Waals surface area contributed by atoms with Crippen LogP contribution in [0.5, 0.6) is 5.88 Å². The number of methoxy groups -OCH3 is 2. The van der Waals surface area contributed by atoms with Gasteiger partial charge in [-0.25, -0.2) is 9.78 Å². The molecule has 0 amide bonds. The topological polar surface area (TPSA) is 53.4 Å². The summed E-state index contributed by atoms with van der Waals surface area (Å²) in [5.74, 6) is 0.165. The molecule has 0 fully saturated rings. The molecule has 0 radical (unpaired) electrons. The molecule has 5 heteroatoms. The van der Waals surface area contributed by atoms with E-state index in [0.29, 0.717) is 18.1 Å². The molecular formula is C19H18N2O3. The summed E-state index contributed by atoms with van der Waals surface area (Å²) < 4.78 is 12.4. The number of nitrogens with zero attached hydrogens (tertiary/aromatic N) is 2. The predicted molar refractivity (Wildman–Crippen MR) is 91.6 cm³/mol. The molecule has 122 valence electrons. The maximum absolute atomic E-state index is 12.2. The molecule has 2 aromatic heterocycles. The van der Waals surface area contributed by atoms with Crippen LogP contribution in [0.2, 0.25) is 0 Å². The van der Waals surface area contributed by atoms with Gasteiger partial charge in [-0.2, -0.15) is 0 Å². The van der Waals surface area contributed by atoms with E-state index < -0.39 is 0 Å². The summed E-state index contributed by atoms with van der Waals surface area (Å²) in [7, 11) is 2.99. The summed E-state index contributed by atoms with van der Waals surface area (Å²) in [6, 6.07) is 6.16. The summed E-state index contributed by atoms with van der Waals surface area (Å²) in [6.07, 6.45) is 1.83. The number of pyridine rings is 1. The van der Waals surface area contributed by atoms with Gasteiger partial charge in [0.1, 0.15) is 5.69 Å². The van der Waals surface area contributed by atoms with Crippen molar-refractivity contribution in [3.05, 3.63) is 46.8 Å². The fourth-order valence-electron chi connectivity index (χ4n) is 3.66. The van der Waals surface area contributed by atoms with Crippen LogP contribution in [0.25, 0.3) is 22.0 Å². The van der Waals surface area contributed by atoms with Gasteiger partial charge >= 0.3 is 5.97 Å². The van der Waals surface area contributed by atoms with Crippen molar-refractivity contribution >= 4 is 16.9 Å².